The molecule has 8 nitrogen and oxygen atoms in total. The number of carbonyl (C=O) groups is 1. The standard InChI is InChI=1S/C25H37N3O5/c1-17-13-28(18(2)16-29)25(31)22-11-21(6-5-19(3)30)12-26-24(22)33-23(17)15-27(4)14-20-7-9-32-10-8-20/h11-12,17-20,23,29-30H,7-10,13-16H2,1-4H3/t17-,18+,19-,23+/m1/s1. The summed E-state index contributed by atoms with van der Waals surface area (Å²) >= 11 is 0. The molecular weight excluding hydrogens is 422 g/mol. The summed E-state index contributed by atoms with van der Waals surface area (Å²) in [6.07, 6.45) is 2.76. The van der Waals surface area contributed by atoms with E-state index in [2.05, 4.69) is 35.7 Å². The number of amides is 1. The van der Waals surface area contributed by atoms with Gasteiger partial charge in [-0.2, -0.15) is 0 Å². The van der Waals surface area contributed by atoms with Crippen LogP contribution in [0.5, 0.6) is 5.88 Å². The number of rotatable bonds is 6. The van der Waals surface area contributed by atoms with Gasteiger partial charge in [-0.3, -0.25) is 4.79 Å². The summed E-state index contributed by atoms with van der Waals surface area (Å²) in [4.78, 5) is 21.8. The minimum atomic E-state index is -0.777. The Morgan fingerprint density at radius 2 is 2.03 bits per heavy atom. The number of carbonyl (C=O) groups excluding carboxylic acids is 1. The lowest BCUT2D eigenvalue weighted by Gasteiger charge is -2.38. The number of hydrogen-bond acceptors (Lipinski definition) is 7. The molecule has 3 rings (SSSR count). The maximum atomic E-state index is 13.4. The van der Waals surface area contributed by atoms with Gasteiger partial charge in [-0.05, 0) is 45.7 Å². The fourth-order valence-corrected chi connectivity index (χ4v) is 4.33. The van der Waals surface area contributed by atoms with Crippen LogP contribution in [0.3, 0.4) is 0 Å². The molecule has 1 fully saturated rings. The van der Waals surface area contributed by atoms with E-state index in [1.54, 1.807) is 24.1 Å². The molecule has 8 heteroatoms. The number of aliphatic hydroxyl groups excluding tert-OH is 2. The molecule has 0 saturated carbocycles. The number of pyridine rings is 1. The molecule has 3 heterocycles. The highest BCUT2D eigenvalue weighted by molar-refractivity contribution is 5.97. The number of nitrogens with zero attached hydrogens (tertiary/aromatic N) is 3. The molecule has 33 heavy (non-hydrogen) atoms. The number of hydrogen-bond donors (Lipinski definition) is 2. The van der Waals surface area contributed by atoms with E-state index in [9.17, 15) is 15.0 Å². The van der Waals surface area contributed by atoms with Crippen LogP contribution in [0, 0.1) is 23.7 Å². The summed E-state index contributed by atoms with van der Waals surface area (Å²) in [6.45, 7) is 9.16. The third-order valence-electron chi connectivity index (χ3n) is 6.35. The van der Waals surface area contributed by atoms with Crippen LogP contribution in [-0.4, -0.2) is 95.7 Å². The summed E-state index contributed by atoms with van der Waals surface area (Å²) in [5, 5.41) is 19.3. The van der Waals surface area contributed by atoms with Gasteiger partial charge in [0.15, 0.2) is 0 Å². The first-order chi connectivity index (χ1) is 15.8. The van der Waals surface area contributed by atoms with Crippen LogP contribution >= 0.6 is 0 Å². The second-order valence-electron chi connectivity index (χ2n) is 9.42. The van der Waals surface area contributed by atoms with Gasteiger partial charge in [-0.15, -0.1) is 0 Å². The van der Waals surface area contributed by atoms with Gasteiger partial charge in [0.25, 0.3) is 5.91 Å². The largest absolute Gasteiger partial charge is 0.472 e. The Kier molecular flexibility index (Phi) is 9.10. The summed E-state index contributed by atoms with van der Waals surface area (Å²) in [7, 11) is 2.10. The van der Waals surface area contributed by atoms with Crippen molar-refractivity contribution in [3.8, 4) is 17.7 Å². The Balaban J connectivity index is 1.86. The zero-order valence-corrected chi connectivity index (χ0v) is 20.2. The molecule has 1 aromatic rings. The van der Waals surface area contributed by atoms with Gasteiger partial charge in [0.2, 0.25) is 5.88 Å². The number of fused-ring (bicyclic) bond motifs is 1. The molecule has 0 bridgehead atoms. The summed E-state index contributed by atoms with van der Waals surface area (Å²) in [6, 6.07) is 1.33. The Bertz CT molecular complexity index is 859. The van der Waals surface area contributed by atoms with Crippen molar-refractivity contribution >= 4 is 5.91 Å². The maximum absolute atomic E-state index is 13.4. The van der Waals surface area contributed by atoms with Crippen LogP contribution in [0.4, 0.5) is 0 Å². The normalized spacial score (nSPS) is 23.6. The summed E-state index contributed by atoms with van der Waals surface area (Å²) < 4.78 is 11.8. The van der Waals surface area contributed by atoms with Crippen molar-refractivity contribution in [1.29, 1.82) is 0 Å². The molecule has 1 saturated heterocycles. The van der Waals surface area contributed by atoms with Crippen LogP contribution in [0.2, 0.25) is 0 Å². The number of ether oxygens (including phenoxy) is 2. The maximum Gasteiger partial charge on any atom is 0.259 e. The van der Waals surface area contributed by atoms with Crippen LogP contribution in [0.1, 0.15) is 49.5 Å². The molecule has 4 atom stereocenters. The van der Waals surface area contributed by atoms with Gasteiger partial charge in [-0.25, -0.2) is 4.98 Å². The Morgan fingerprint density at radius 3 is 2.70 bits per heavy atom. The van der Waals surface area contributed by atoms with Gasteiger partial charge < -0.3 is 29.5 Å². The third-order valence-corrected chi connectivity index (χ3v) is 6.35. The van der Waals surface area contributed by atoms with Crippen molar-refractivity contribution in [3.63, 3.8) is 0 Å². The predicted octanol–water partition coefficient (Wildman–Crippen LogP) is 1.39. The topological polar surface area (TPSA) is 95.4 Å². The molecule has 182 valence electrons. The Morgan fingerprint density at radius 1 is 1.30 bits per heavy atom. The van der Waals surface area contributed by atoms with E-state index in [0.29, 0.717) is 30.1 Å². The highest BCUT2D eigenvalue weighted by Crippen LogP contribution is 2.27. The average molecular weight is 460 g/mol. The lowest BCUT2D eigenvalue weighted by Crippen LogP contribution is -2.50. The Hall–Kier alpha value is -2.18. The van der Waals surface area contributed by atoms with E-state index in [-0.39, 0.29) is 36.5 Å². The highest BCUT2D eigenvalue weighted by atomic mass is 16.5. The smallest absolute Gasteiger partial charge is 0.259 e. The molecule has 0 radical (unpaired) electrons. The van der Waals surface area contributed by atoms with Gasteiger partial charge >= 0.3 is 0 Å². The lowest BCUT2D eigenvalue weighted by molar-refractivity contribution is 0.0254. The van der Waals surface area contributed by atoms with E-state index >= 15 is 0 Å². The van der Waals surface area contributed by atoms with Crippen LogP contribution < -0.4 is 4.74 Å². The van der Waals surface area contributed by atoms with Crippen LogP contribution in [0.15, 0.2) is 12.3 Å². The van der Waals surface area contributed by atoms with Crippen LogP contribution in [0.25, 0.3) is 0 Å². The number of aromatic nitrogens is 1. The van der Waals surface area contributed by atoms with Crippen molar-refractivity contribution in [1.82, 2.24) is 14.8 Å². The van der Waals surface area contributed by atoms with Crippen molar-refractivity contribution in [2.24, 2.45) is 11.8 Å². The SMILES string of the molecule is C[C@@H]1CN([C@@H](C)CO)C(=O)c2cc(C#C[C@@H](C)O)cnc2O[C@H]1CN(C)CC1CCOCC1. The van der Waals surface area contributed by atoms with Crippen molar-refractivity contribution < 1.29 is 24.5 Å². The number of aliphatic hydroxyl groups is 2. The summed E-state index contributed by atoms with van der Waals surface area (Å²) in [5.41, 5.74) is 0.863. The molecule has 0 aliphatic carbocycles. The minimum Gasteiger partial charge on any atom is -0.472 e. The van der Waals surface area contributed by atoms with E-state index in [0.717, 1.165) is 32.6 Å². The van der Waals surface area contributed by atoms with Crippen LogP contribution in [-0.2, 0) is 4.74 Å². The lowest BCUT2D eigenvalue weighted by atomic mass is 9.97. The second-order valence-corrected chi connectivity index (χ2v) is 9.42. The zero-order valence-electron chi connectivity index (χ0n) is 20.2. The first-order valence-corrected chi connectivity index (χ1v) is 11.8. The zero-order chi connectivity index (χ0) is 24.0. The summed E-state index contributed by atoms with van der Waals surface area (Å²) in [5.74, 6) is 6.24. The molecule has 1 aromatic heterocycles. The molecule has 0 spiro atoms. The molecule has 1 amide bonds. The first kappa shape index (κ1) is 25.4. The molecule has 0 unspecified atom stereocenters. The highest BCUT2D eigenvalue weighted by Gasteiger charge is 2.34. The molecule has 0 aromatic carbocycles. The molecule has 2 aliphatic rings. The second kappa shape index (κ2) is 11.8. The Labute approximate surface area is 196 Å². The van der Waals surface area contributed by atoms with E-state index in [1.165, 1.54) is 0 Å². The van der Waals surface area contributed by atoms with Crippen molar-refractivity contribution in [2.75, 3.05) is 46.5 Å². The molecular formula is C25H37N3O5. The van der Waals surface area contributed by atoms with Gasteiger partial charge in [0, 0.05) is 50.5 Å². The quantitative estimate of drug-likeness (QED) is 0.621. The van der Waals surface area contributed by atoms with Gasteiger partial charge in [0.05, 0.1) is 12.6 Å². The van der Waals surface area contributed by atoms with Crippen molar-refractivity contribution in [3.05, 3.63) is 23.4 Å². The fourth-order valence-electron chi connectivity index (χ4n) is 4.33. The minimum absolute atomic E-state index is 0.0461. The third kappa shape index (κ3) is 6.90. The monoisotopic (exact) mass is 459 g/mol. The molecule has 2 aliphatic heterocycles. The van der Waals surface area contributed by atoms with Gasteiger partial charge in [-0.1, -0.05) is 18.8 Å². The average Bonchev–Trinajstić information content (AvgIpc) is 2.80. The fraction of sp³-hybridized carbons (Fsp3) is 0.680. The molecule has 2 N–H and O–H groups in total. The predicted molar refractivity (Wildman–Crippen MR) is 125 cm³/mol. The van der Waals surface area contributed by atoms with E-state index < -0.39 is 6.10 Å². The van der Waals surface area contributed by atoms with Crippen molar-refractivity contribution in [2.45, 2.75) is 51.9 Å². The van der Waals surface area contributed by atoms with E-state index in [4.69, 9.17) is 9.47 Å². The first-order valence-electron chi connectivity index (χ1n) is 11.8. The number of likely N-dealkylation sites (N-methyl/N-ethyl adjacent to an activating group) is 1. The van der Waals surface area contributed by atoms with E-state index in [1.807, 2.05) is 6.92 Å². The van der Waals surface area contributed by atoms with Gasteiger partial charge in [0.1, 0.15) is 17.8 Å².